The van der Waals surface area contributed by atoms with Crippen molar-refractivity contribution in [1.29, 1.82) is 0 Å². The van der Waals surface area contributed by atoms with Crippen LogP contribution in [0.15, 0.2) is 23.1 Å². The normalized spacial score (nSPS) is 11.8. The highest BCUT2D eigenvalue weighted by molar-refractivity contribution is 7.89. The SMILES string of the molecule is COCCNS(=O)(=O)c1ccc(OC(C)C)c(F)c1. The van der Waals surface area contributed by atoms with Crippen molar-refractivity contribution >= 4 is 10.0 Å². The predicted molar refractivity (Wildman–Crippen MR) is 69.2 cm³/mol. The number of nitrogens with one attached hydrogen (secondary N) is 1. The fourth-order valence-corrected chi connectivity index (χ4v) is 2.38. The summed E-state index contributed by atoms with van der Waals surface area (Å²) < 4.78 is 49.6. The molecule has 0 amide bonds. The smallest absolute Gasteiger partial charge is 0.240 e. The summed E-state index contributed by atoms with van der Waals surface area (Å²) in [5.74, 6) is -0.672. The van der Waals surface area contributed by atoms with E-state index >= 15 is 0 Å². The third-order valence-electron chi connectivity index (χ3n) is 2.17. The van der Waals surface area contributed by atoms with Crippen LogP contribution in [0.4, 0.5) is 4.39 Å². The quantitative estimate of drug-likeness (QED) is 0.774. The lowest BCUT2D eigenvalue weighted by atomic mass is 10.3. The molecule has 0 aliphatic heterocycles. The molecular formula is C12H18FNO4S. The van der Waals surface area contributed by atoms with Crippen LogP contribution in [-0.4, -0.2) is 34.8 Å². The van der Waals surface area contributed by atoms with E-state index in [1.165, 1.54) is 19.2 Å². The van der Waals surface area contributed by atoms with Crippen molar-refractivity contribution < 1.29 is 22.3 Å². The minimum atomic E-state index is -3.73. The summed E-state index contributed by atoms with van der Waals surface area (Å²) in [6.45, 7) is 3.90. The zero-order valence-electron chi connectivity index (χ0n) is 11.1. The molecule has 0 spiro atoms. The molecule has 19 heavy (non-hydrogen) atoms. The van der Waals surface area contributed by atoms with Gasteiger partial charge in [-0.2, -0.15) is 0 Å². The topological polar surface area (TPSA) is 64.6 Å². The van der Waals surface area contributed by atoms with Gasteiger partial charge in [-0.05, 0) is 32.0 Å². The van der Waals surface area contributed by atoms with Crippen LogP contribution in [-0.2, 0) is 14.8 Å². The highest BCUT2D eigenvalue weighted by Crippen LogP contribution is 2.21. The van der Waals surface area contributed by atoms with E-state index in [1.54, 1.807) is 13.8 Å². The van der Waals surface area contributed by atoms with E-state index in [2.05, 4.69) is 4.72 Å². The first-order valence-corrected chi connectivity index (χ1v) is 7.30. The molecule has 0 radical (unpaired) electrons. The average molecular weight is 291 g/mol. The van der Waals surface area contributed by atoms with E-state index in [-0.39, 0.29) is 29.9 Å². The first-order chi connectivity index (χ1) is 8.86. The van der Waals surface area contributed by atoms with Gasteiger partial charge in [0.1, 0.15) is 0 Å². The molecule has 1 aromatic rings. The number of rotatable bonds is 7. The summed E-state index contributed by atoms with van der Waals surface area (Å²) in [7, 11) is -2.26. The van der Waals surface area contributed by atoms with E-state index in [9.17, 15) is 12.8 Å². The van der Waals surface area contributed by atoms with Crippen LogP contribution in [0, 0.1) is 5.82 Å². The second kappa shape index (κ2) is 6.83. The third kappa shape index (κ3) is 4.77. The molecule has 1 aromatic carbocycles. The summed E-state index contributed by atoms with van der Waals surface area (Å²) in [5.41, 5.74) is 0. The van der Waals surface area contributed by atoms with Crippen LogP contribution < -0.4 is 9.46 Å². The molecule has 0 aromatic heterocycles. The molecule has 0 saturated carbocycles. The van der Waals surface area contributed by atoms with Gasteiger partial charge in [-0.3, -0.25) is 0 Å². The van der Waals surface area contributed by atoms with Gasteiger partial charge in [-0.25, -0.2) is 17.5 Å². The molecule has 0 aliphatic rings. The Morgan fingerprint density at radius 1 is 1.37 bits per heavy atom. The summed E-state index contributed by atoms with van der Waals surface area (Å²) in [6.07, 6.45) is -0.184. The molecule has 5 nitrogen and oxygen atoms in total. The number of hydrogen-bond donors (Lipinski definition) is 1. The Hall–Kier alpha value is -1.18. The van der Waals surface area contributed by atoms with E-state index in [1.807, 2.05) is 0 Å². The van der Waals surface area contributed by atoms with Crippen LogP contribution in [0.5, 0.6) is 5.75 Å². The molecule has 0 unspecified atom stereocenters. The lowest BCUT2D eigenvalue weighted by Gasteiger charge is -2.12. The summed E-state index contributed by atoms with van der Waals surface area (Å²) >= 11 is 0. The van der Waals surface area contributed by atoms with Crippen molar-refractivity contribution in [2.75, 3.05) is 20.3 Å². The van der Waals surface area contributed by atoms with Gasteiger partial charge < -0.3 is 9.47 Å². The van der Waals surface area contributed by atoms with Gasteiger partial charge >= 0.3 is 0 Å². The maximum absolute atomic E-state index is 13.7. The van der Waals surface area contributed by atoms with Crippen molar-refractivity contribution in [3.05, 3.63) is 24.0 Å². The van der Waals surface area contributed by atoms with Crippen LogP contribution in [0.3, 0.4) is 0 Å². The molecule has 0 bridgehead atoms. The lowest BCUT2D eigenvalue weighted by molar-refractivity contribution is 0.204. The molecule has 0 heterocycles. The van der Waals surface area contributed by atoms with Gasteiger partial charge in [0.15, 0.2) is 11.6 Å². The van der Waals surface area contributed by atoms with Gasteiger partial charge in [0.25, 0.3) is 0 Å². The molecule has 0 fully saturated rings. The van der Waals surface area contributed by atoms with Crippen molar-refractivity contribution in [3.8, 4) is 5.75 Å². The maximum atomic E-state index is 13.7. The fraction of sp³-hybridized carbons (Fsp3) is 0.500. The number of methoxy groups -OCH3 is 1. The Balaban J connectivity index is 2.87. The van der Waals surface area contributed by atoms with Gasteiger partial charge in [0.2, 0.25) is 10.0 Å². The van der Waals surface area contributed by atoms with Gasteiger partial charge in [0, 0.05) is 13.7 Å². The monoisotopic (exact) mass is 291 g/mol. The standard InChI is InChI=1S/C12H18FNO4S/c1-9(2)18-12-5-4-10(8-11(12)13)19(15,16)14-6-7-17-3/h4-5,8-9,14H,6-7H2,1-3H3. The first kappa shape index (κ1) is 15.9. The lowest BCUT2D eigenvalue weighted by Crippen LogP contribution is -2.27. The van der Waals surface area contributed by atoms with Gasteiger partial charge in [-0.1, -0.05) is 0 Å². The number of ether oxygens (including phenoxy) is 2. The Kier molecular flexibility index (Phi) is 5.71. The maximum Gasteiger partial charge on any atom is 0.240 e. The summed E-state index contributed by atoms with van der Waals surface area (Å²) in [4.78, 5) is -0.141. The fourth-order valence-electron chi connectivity index (χ4n) is 1.36. The van der Waals surface area contributed by atoms with E-state index in [0.717, 1.165) is 6.07 Å². The Morgan fingerprint density at radius 3 is 2.58 bits per heavy atom. The second-order valence-corrected chi connectivity index (χ2v) is 5.92. The first-order valence-electron chi connectivity index (χ1n) is 5.81. The molecular weight excluding hydrogens is 273 g/mol. The minimum Gasteiger partial charge on any atom is -0.488 e. The van der Waals surface area contributed by atoms with Crippen molar-refractivity contribution in [1.82, 2.24) is 4.72 Å². The van der Waals surface area contributed by atoms with E-state index < -0.39 is 15.8 Å². The average Bonchev–Trinajstić information content (AvgIpc) is 2.31. The Bertz CT molecular complexity index is 516. The number of hydrogen-bond acceptors (Lipinski definition) is 4. The predicted octanol–water partition coefficient (Wildman–Crippen LogP) is 1.54. The van der Waals surface area contributed by atoms with Gasteiger partial charge in [-0.15, -0.1) is 0 Å². The highest BCUT2D eigenvalue weighted by Gasteiger charge is 2.16. The van der Waals surface area contributed by atoms with Crippen molar-refractivity contribution in [2.45, 2.75) is 24.8 Å². The minimum absolute atomic E-state index is 0.0332. The van der Waals surface area contributed by atoms with Gasteiger partial charge in [0.05, 0.1) is 17.6 Å². The van der Waals surface area contributed by atoms with Crippen LogP contribution in [0.25, 0.3) is 0 Å². The third-order valence-corrected chi connectivity index (χ3v) is 3.63. The molecule has 1 rings (SSSR count). The molecule has 0 aliphatic carbocycles. The van der Waals surface area contributed by atoms with E-state index in [0.29, 0.717) is 0 Å². The molecule has 1 N–H and O–H groups in total. The zero-order chi connectivity index (χ0) is 14.5. The number of benzene rings is 1. The van der Waals surface area contributed by atoms with Crippen LogP contribution in [0.2, 0.25) is 0 Å². The Morgan fingerprint density at radius 2 is 2.05 bits per heavy atom. The second-order valence-electron chi connectivity index (χ2n) is 4.15. The van der Waals surface area contributed by atoms with E-state index in [4.69, 9.17) is 9.47 Å². The zero-order valence-corrected chi connectivity index (χ0v) is 12.0. The van der Waals surface area contributed by atoms with Crippen molar-refractivity contribution in [3.63, 3.8) is 0 Å². The summed E-state index contributed by atoms with van der Waals surface area (Å²) in [5, 5.41) is 0. The van der Waals surface area contributed by atoms with Crippen molar-refractivity contribution in [2.24, 2.45) is 0 Å². The molecule has 0 atom stereocenters. The Labute approximate surface area is 112 Å². The van der Waals surface area contributed by atoms with Crippen LogP contribution >= 0.6 is 0 Å². The number of sulfonamides is 1. The molecule has 0 saturated heterocycles. The summed E-state index contributed by atoms with van der Waals surface area (Å²) in [6, 6.07) is 3.54. The molecule has 108 valence electrons. The largest absolute Gasteiger partial charge is 0.488 e. The highest BCUT2D eigenvalue weighted by atomic mass is 32.2. The van der Waals surface area contributed by atoms with Crippen LogP contribution in [0.1, 0.15) is 13.8 Å². The molecule has 7 heteroatoms. The number of halogens is 1.